The molecule has 0 saturated carbocycles. The van der Waals surface area contributed by atoms with Crippen LogP contribution in [0.5, 0.6) is 0 Å². The molecule has 5 atom stereocenters. The van der Waals surface area contributed by atoms with Crippen LogP contribution in [-0.4, -0.2) is 71.8 Å². The van der Waals surface area contributed by atoms with Gasteiger partial charge in [-0.2, -0.15) is 0 Å². The molecular weight excluding hydrogens is 496 g/mol. The zero-order valence-corrected chi connectivity index (χ0v) is 23.0. The Bertz CT molecular complexity index is 1160. The van der Waals surface area contributed by atoms with E-state index in [4.69, 9.17) is 14.6 Å². The standard InChI is InChI=1S/C31H40N2O6/c1-21-13-14-22(2)23(20-21)32-17-11-15-31-26(25-24(39-31)12-7-3-6-10-19-38-30(25)37)28(35)33(27(31)29(32)36)16-8-4-5-9-18-34/h7,11-15,20,24-27,34H,3-6,8-10,16-19H2,1-2H3/b12-7-/t24-,25+,26-,27?,31-/m0/s1. The lowest BCUT2D eigenvalue weighted by molar-refractivity contribution is -0.154. The van der Waals surface area contributed by atoms with Crippen molar-refractivity contribution >= 4 is 23.5 Å². The fraction of sp³-hybridized carbons (Fsp3) is 0.581. The number of benzene rings is 1. The van der Waals surface area contributed by atoms with Crippen molar-refractivity contribution in [1.29, 1.82) is 0 Å². The van der Waals surface area contributed by atoms with Gasteiger partial charge in [0, 0.05) is 25.4 Å². The molecule has 4 heterocycles. The van der Waals surface area contributed by atoms with Gasteiger partial charge in [0.25, 0.3) is 5.91 Å². The average molecular weight is 537 g/mol. The zero-order chi connectivity index (χ0) is 27.6. The number of aliphatic hydroxyl groups excluding tert-OH is 1. The molecule has 1 aromatic carbocycles. The first-order valence-corrected chi connectivity index (χ1v) is 14.4. The highest BCUT2D eigenvalue weighted by atomic mass is 16.6. The second-order valence-corrected chi connectivity index (χ2v) is 11.2. The lowest BCUT2D eigenvalue weighted by Crippen LogP contribution is -2.55. The number of likely N-dealkylation sites (tertiary alicyclic amines) is 1. The normalized spacial score (nSPS) is 31.4. The Kier molecular flexibility index (Phi) is 8.24. The van der Waals surface area contributed by atoms with Gasteiger partial charge in [-0.3, -0.25) is 14.4 Å². The summed E-state index contributed by atoms with van der Waals surface area (Å²) >= 11 is 0. The largest absolute Gasteiger partial charge is 0.465 e. The molecule has 8 heteroatoms. The molecule has 1 spiro atoms. The Morgan fingerprint density at radius 2 is 1.85 bits per heavy atom. The number of cyclic esters (lactones) is 1. The molecule has 5 rings (SSSR count). The molecule has 1 aromatic rings. The fourth-order valence-corrected chi connectivity index (χ4v) is 6.63. The Labute approximate surface area is 230 Å². The van der Waals surface area contributed by atoms with E-state index in [-0.39, 0.29) is 18.4 Å². The minimum atomic E-state index is -1.25. The number of amides is 2. The summed E-state index contributed by atoms with van der Waals surface area (Å²) in [6, 6.07) is 5.14. The highest BCUT2D eigenvalue weighted by molar-refractivity contribution is 6.05. The molecule has 1 unspecified atom stereocenters. The van der Waals surface area contributed by atoms with Crippen LogP contribution >= 0.6 is 0 Å². The predicted octanol–water partition coefficient (Wildman–Crippen LogP) is 3.62. The topological polar surface area (TPSA) is 96.4 Å². The van der Waals surface area contributed by atoms with Gasteiger partial charge in [-0.05, 0) is 63.1 Å². The molecular formula is C31H40N2O6. The Balaban J connectivity index is 1.55. The number of fused-ring (bicyclic) bond motifs is 2. The molecule has 2 fully saturated rings. The van der Waals surface area contributed by atoms with Gasteiger partial charge in [0.15, 0.2) is 0 Å². The first kappa shape index (κ1) is 27.6. The van der Waals surface area contributed by atoms with Crippen molar-refractivity contribution in [3.63, 3.8) is 0 Å². The Hall–Kier alpha value is -2.97. The minimum absolute atomic E-state index is 0.136. The van der Waals surface area contributed by atoms with Crippen LogP contribution in [0.4, 0.5) is 5.69 Å². The van der Waals surface area contributed by atoms with Crippen molar-refractivity contribution in [2.45, 2.75) is 76.5 Å². The van der Waals surface area contributed by atoms with Crippen molar-refractivity contribution in [2.24, 2.45) is 11.8 Å². The molecule has 2 saturated heterocycles. The minimum Gasteiger partial charge on any atom is -0.465 e. The summed E-state index contributed by atoms with van der Waals surface area (Å²) in [5.41, 5.74) is 1.58. The van der Waals surface area contributed by atoms with Crippen LogP contribution in [-0.2, 0) is 23.9 Å². The van der Waals surface area contributed by atoms with E-state index in [0.717, 1.165) is 48.9 Å². The second-order valence-electron chi connectivity index (χ2n) is 11.2. The summed E-state index contributed by atoms with van der Waals surface area (Å²) in [5.74, 6) is -2.49. The number of allylic oxidation sites excluding steroid dienone is 1. The Morgan fingerprint density at radius 3 is 2.67 bits per heavy atom. The number of esters is 1. The van der Waals surface area contributed by atoms with Gasteiger partial charge >= 0.3 is 5.97 Å². The van der Waals surface area contributed by atoms with Gasteiger partial charge < -0.3 is 24.4 Å². The molecule has 210 valence electrons. The number of ether oxygens (including phenoxy) is 2. The number of carbonyl (C=O) groups is 3. The summed E-state index contributed by atoms with van der Waals surface area (Å²) in [4.78, 5) is 45.5. The number of nitrogens with zero attached hydrogens (tertiary/aromatic N) is 2. The number of hydrogen-bond acceptors (Lipinski definition) is 6. The summed E-state index contributed by atoms with van der Waals surface area (Å²) in [7, 11) is 0. The highest BCUT2D eigenvalue weighted by Gasteiger charge is 2.71. The van der Waals surface area contributed by atoms with E-state index in [2.05, 4.69) is 0 Å². The van der Waals surface area contributed by atoms with Gasteiger partial charge in [0.1, 0.15) is 17.6 Å². The Morgan fingerprint density at radius 1 is 1.03 bits per heavy atom. The molecule has 4 aliphatic heterocycles. The van der Waals surface area contributed by atoms with Gasteiger partial charge in [-0.25, -0.2) is 0 Å². The number of rotatable bonds is 7. The van der Waals surface area contributed by atoms with Gasteiger partial charge in [0.2, 0.25) is 5.91 Å². The molecule has 0 aliphatic carbocycles. The maximum absolute atomic E-state index is 14.5. The van der Waals surface area contributed by atoms with Crippen LogP contribution in [0.2, 0.25) is 0 Å². The molecule has 0 aromatic heterocycles. The molecule has 4 aliphatic rings. The molecule has 0 radical (unpaired) electrons. The number of unbranched alkanes of at least 4 members (excludes halogenated alkanes) is 3. The third-order valence-corrected chi connectivity index (χ3v) is 8.56. The molecule has 39 heavy (non-hydrogen) atoms. The maximum Gasteiger partial charge on any atom is 0.312 e. The fourth-order valence-electron chi connectivity index (χ4n) is 6.63. The number of hydrogen-bond donors (Lipinski definition) is 1. The summed E-state index contributed by atoms with van der Waals surface area (Å²) in [6.07, 6.45) is 12.7. The smallest absolute Gasteiger partial charge is 0.312 e. The van der Waals surface area contributed by atoms with Gasteiger partial charge in [-0.1, -0.05) is 49.3 Å². The average Bonchev–Trinajstić information content (AvgIpc) is 3.30. The number of aliphatic hydroxyl groups is 1. The SMILES string of the molecule is Cc1ccc(C)c(N2CC=C[C@]34O[C@H]5/C=C\CCCCOC(=O)[C@H]5[C@H]3C(=O)N(CCCCCCO)C4C2=O)c1. The predicted molar refractivity (Wildman–Crippen MR) is 147 cm³/mol. The number of anilines is 1. The van der Waals surface area contributed by atoms with Crippen LogP contribution < -0.4 is 4.90 Å². The quantitative estimate of drug-likeness (QED) is 0.325. The van der Waals surface area contributed by atoms with E-state index >= 15 is 0 Å². The third-order valence-electron chi connectivity index (χ3n) is 8.56. The highest BCUT2D eigenvalue weighted by Crippen LogP contribution is 2.53. The van der Waals surface area contributed by atoms with E-state index in [1.807, 2.05) is 56.4 Å². The first-order chi connectivity index (χ1) is 18.9. The summed E-state index contributed by atoms with van der Waals surface area (Å²) in [5, 5.41) is 9.15. The third kappa shape index (κ3) is 5.05. The van der Waals surface area contributed by atoms with Gasteiger partial charge in [0.05, 0.1) is 18.6 Å². The van der Waals surface area contributed by atoms with Crippen molar-refractivity contribution in [1.82, 2.24) is 4.90 Å². The summed E-state index contributed by atoms with van der Waals surface area (Å²) < 4.78 is 12.3. The lowest BCUT2D eigenvalue weighted by atomic mass is 9.78. The van der Waals surface area contributed by atoms with Crippen LogP contribution in [0.1, 0.15) is 56.1 Å². The van der Waals surface area contributed by atoms with Crippen molar-refractivity contribution in [2.75, 3.05) is 31.2 Å². The van der Waals surface area contributed by atoms with E-state index in [1.165, 1.54) is 0 Å². The first-order valence-electron chi connectivity index (χ1n) is 14.4. The summed E-state index contributed by atoms with van der Waals surface area (Å²) in [6.45, 7) is 5.17. The van der Waals surface area contributed by atoms with E-state index in [9.17, 15) is 14.4 Å². The van der Waals surface area contributed by atoms with Crippen LogP contribution in [0.25, 0.3) is 0 Å². The van der Waals surface area contributed by atoms with Crippen molar-refractivity contribution < 1.29 is 29.0 Å². The lowest BCUT2D eigenvalue weighted by Gasteiger charge is -2.35. The van der Waals surface area contributed by atoms with Crippen LogP contribution in [0, 0.1) is 25.7 Å². The molecule has 1 N–H and O–H groups in total. The number of aryl methyl sites for hydroxylation is 2. The van der Waals surface area contributed by atoms with Crippen molar-refractivity contribution in [3.05, 3.63) is 53.6 Å². The van der Waals surface area contributed by atoms with E-state index in [0.29, 0.717) is 32.5 Å². The van der Waals surface area contributed by atoms with Gasteiger partial charge in [-0.15, -0.1) is 0 Å². The van der Waals surface area contributed by atoms with E-state index < -0.39 is 35.6 Å². The second kappa shape index (κ2) is 11.6. The monoisotopic (exact) mass is 536 g/mol. The molecule has 2 amide bonds. The molecule has 0 bridgehead atoms. The maximum atomic E-state index is 14.5. The van der Waals surface area contributed by atoms with Crippen LogP contribution in [0.15, 0.2) is 42.5 Å². The number of carbonyl (C=O) groups excluding carboxylic acids is 3. The van der Waals surface area contributed by atoms with Crippen molar-refractivity contribution in [3.8, 4) is 0 Å². The molecule has 8 nitrogen and oxygen atoms in total. The van der Waals surface area contributed by atoms with E-state index in [1.54, 1.807) is 9.80 Å². The van der Waals surface area contributed by atoms with Crippen LogP contribution in [0.3, 0.4) is 0 Å². The zero-order valence-electron chi connectivity index (χ0n) is 23.0.